The lowest BCUT2D eigenvalue weighted by Crippen LogP contribution is -2.44. The Hall–Kier alpha value is -0.610. The van der Waals surface area contributed by atoms with E-state index in [2.05, 4.69) is 37.2 Å². The van der Waals surface area contributed by atoms with Gasteiger partial charge in [0.25, 0.3) is 0 Å². The van der Waals surface area contributed by atoms with E-state index in [0.717, 1.165) is 16.8 Å². The molecule has 17 heavy (non-hydrogen) atoms. The predicted molar refractivity (Wildman–Crippen MR) is 73.3 cm³/mol. The van der Waals surface area contributed by atoms with Gasteiger partial charge < -0.3 is 10.2 Å². The highest BCUT2D eigenvalue weighted by molar-refractivity contribution is 9.10. The van der Waals surface area contributed by atoms with Gasteiger partial charge in [-0.1, -0.05) is 0 Å². The molecule has 2 aliphatic heterocycles. The smallest absolute Gasteiger partial charge is 0.143 e. The largest absolute Gasteiger partial charge is 0.351 e. The van der Waals surface area contributed by atoms with Gasteiger partial charge in [-0.3, -0.25) is 0 Å². The molecule has 0 aromatic carbocycles. The van der Waals surface area contributed by atoms with Crippen LogP contribution in [0.2, 0.25) is 0 Å². The second-order valence-electron chi connectivity index (χ2n) is 4.91. The molecule has 0 aliphatic carbocycles. The summed E-state index contributed by atoms with van der Waals surface area (Å²) < 4.78 is 1.12. The van der Waals surface area contributed by atoms with Crippen molar-refractivity contribution < 1.29 is 0 Å². The van der Waals surface area contributed by atoms with Crippen LogP contribution in [0.25, 0.3) is 0 Å². The van der Waals surface area contributed by atoms with Crippen molar-refractivity contribution in [2.24, 2.45) is 0 Å². The fraction of sp³-hybridized carbons (Fsp3) is 0.615. The fourth-order valence-corrected chi connectivity index (χ4v) is 3.59. The lowest BCUT2D eigenvalue weighted by Gasteiger charge is -2.31. The lowest BCUT2D eigenvalue weighted by atomic mass is 10.0. The number of aromatic nitrogens is 1. The van der Waals surface area contributed by atoms with Gasteiger partial charge in [-0.15, -0.1) is 0 Å². The van der Waals surface area contributed by atoms with Gasteiger partial charge in [0.1, 0.15) is 5.82 Å². The number of hydrogen-bond donors (Lipinski definition) is 1. The molecule has 1 aromatic heterocycles. The molecule has 2 atom stereocenters. The molecular formula is C13H18BrN3. The van der Waals surface area contributed by atoms with Gasteiger partial charge in [0, 0.05) is 24.8 Å². The van der Waals surface area contributed by atoms with Crippen LogP contribution >= 0.6 is 15.9 Å². The number of halogens is 1. The van der Waals surface area contributed by atoms with Crippen molar-refractivity contribution in [1.82, 2.24) is 10.3 Å². The number of nitrogens with zero attached hydrogens (tertiary/aromatic N) is 2. The molecule has 3 heterocycles. The van der Waals surface area contributed by atoms with Crippen LogP contribution in [0.3, 0.4) is 0 Å². The number of hydrogen-bond acceptors (Lipinski definition) is 3. The molecule has 2 aliphatic rings. The second-order valence-corrected chi connectivity index (χ2v) is 5.77. The predicted octanol–water partition coefficient (Wildman–Crippen LogP) is 2.56. The summed E-state index contributed by atoms with van der Waals surface area (Å²) in [5.74, 6) is 1.11. The number of pyridine rings is 1. The molecule has 0 spiro atoms. The minimum atomic E-state index is 0.628. The first-order valence-electron chi connectivity index (χ1n) is 6.47. The third-order valence-electron chi connectivity index (χ3n) is 3.87. The van der Waals surface area contributed by atoms with Crippen LogP contribution in [0.4, 0.5) is 5.82 Å². The van der Waals surface area contributed by atoms with Crippen LogP contribution in [-0.2, 0) is 0 Å². The summed E-state index contributed by atoms with van der Waals surface area (Å²) in [6.07, 6.45) is 7.09. The number of rotatable bonds is 2. The molecule has 2 saturated heterocycles. The van der Waals surface area contributed by atoms with Crippen molar-refractivity contribution in [2.75, 3.05) is 18.0 Å². The monoisotopic (exact) mass is 295 g/mol. The zero-order valence-corrected chi connectivity index (χ0v) is 11.5. The van der Waals surface area contributed by atoms with E-state index in [-0.39, 0.29) is 0 Å². The normalized spacial score (nSPS) is 28.9. The molecule has 3 rings (SSSR count). The minimum Gasteiger partial charge on any atom is -0.351 e. The van der Waals surface area contributed by atoms with E-state index in [1.165, 1.54) is 32.2 Å². The molecule has 1 N–H and O–H groups in total. The zero-order chi connectivity index (χ0) is 11.7. The summed E-state index contributed by atoms with van der Waals surface area (Å²) in [6, 6.07) is 5.35. The summed E-state index contributed by atoms with van der Waals surface area (Å²) in [6.45, 7) is 2.32. The Morgan fingerprint density at radius 3 is 3.06 bits per heavy atom. The Morgan fingerprint density at radius 1 is 1.35 bits per heavy atom. The van der Waals surface area contributed by atoms with E-state index >= 15 is 0 Å². The van der Waals surface area contributed by atoms with Gasteiger partial charge >= 0.3 is 0 Å². The molecule has 1 aromatic rings. The van der Waals surface area contributed by atoms with E-state index in [9.17, 15) is 0 Å². The summed E-state index contributed by atoms with van der Waals surface area (Å²) in [5.41, 5.74) is 0. The molecule has 92 valence electrons. The molecular weight excluding hydrogens is 278 g/mol. The van der Waals surface area contributed by atoms with Gasteiger partial charge in [0.15, 0.2) is 0 Å². The van der Waals surface area contributed by atoms with E-state index in [1.807, 2.05) is 12.3 Å². The van der Waals surface area contributed by atoms with Crippen molar-refractivity contribution in [3.05, 3.63) is 22.8 Å². The van der Waals surface area contributed by atoms with Crippen molar-refractivity contribution in [1.29, 1.82) is 0 Å². The van der Waals surface area contributed by atoms with Crippen LogP contribution < -0.4 is 10.2 Å². The Balaban J connectivity index is 1.84. The van der Waals surface area contributed by atoms with Crippen LogP contribution in [-0.4, -0.2) is 30.2 Å². The molecule has 3 nitrogen and oxygen atoms in total. The first-order chi connectivity index (χ1) is 8.36. The first kappa shape index (κ1) is 11.5. The van der Waals surface area contributed by atoms with Gasteiger partial charge in [-0.05, 0) is 60.3 Å². The third-order valence-corrected chi connectivity index (χ3v) is 4.49. The summed E-state index contributed by atoms with van der Waals surface area (Å²) in [4.78, 5) is 7.01. The first-order valence-corrected chi connectivity index (χ1v) is 7.26. The number of anilines is 1. The maximum Gasteiger partial charge on any atom is 0.143 e. The Labute approximate surface area is 111 Å². The van der Waals surface area contributed by atoms with Crippen LogP contribution in [0.15, 0.2) is 22.8 Å². The number of nitrogens with one attached hydrogen (secondary N) is 1. The van der Waals surface area contributed by atoms with E-state index in [4.69, 9.17) is 0 Å². The standard InChI is InChI=1S/C13H18BrN3/c14-10-4-1-8-16-13(10)17-9-3-6-12(17)11-5-2-7-15-11/h1,4,8,11-12,15H,2-3,5-7,9H2. The van der Waals surface area contributed by atoms with Gasteiger partial charge in [0.2, 0.25) is 0 Å². The Bertz CT molecular complexity index is 390. The highest BCUT2D eigenvalue weighted by atomic mass is 79.9. The second kappa shape index (κ2) is 4.94. The molecule has 0 radical (unpaired) electrons. The lowest BCUT2D eigenvalue weighted by molar-refractivity contribution is 0.480. The topological polar surface area (TPSA) is 28.2 Å². The molecule has 2 unspecified atom stereocenters. The van der Waals surface area contributed by atoms with Gasteiger partial charge in [0.05, 0.1) is 4.47 Å². The maximum atomic E-state index is 4.53. The van der Waals surface area contributed by atoms with Gasteiger partial charge in [-0.25, -0.2) is 4.98 Å². The van der Waals surface area contributed by atoms with E-state index in [0.29, 0.717) is 12.1 Å². The Kier molecular flexibility index (Phi) is 3.34. The van der Waals surface area contributed by atoms with E-state index in [1.54, 1.807) is 0 Å². The molecule has 2 fully saturated rings. The summed E-state index contributed by atoms with van der Waals surface area (Å²) in [5, 5.41) is 3.63. The van der Waals surface area contributed by atoms with Crippen molar-refractivity contribution in [2.45, 2.75) is 37.8 Å². The highest BCUT2D eigenvalue weighted by Gasteiger charge is 2.34. The third kappa shape index (κ3) is 2.20. The molecule has 4 heteroatoms. The summed E-state index contributed by atoms with van der Waals surface area (Å²) in [7, 11) is 0. The van der Waals surface area contributed by atoms with Crippen molar-refractivity contribution >= 4 is 21.7 Å². The van der Waals surface area contributed by atoms with Crippen LogP contribution in [0.5, 0.6) is 0 Å². The Morgan fingerprint density at radius 2 is 2.29 bits per heavy atom. The zero-order valence-electron chi connectivity index (χ0n) is 9.90. The van der Waals surface area contributed by atoms with Crippen LogP contribution in [0.1, 0.15) is 25.7 Å². The van der Waals surface area contributed by atoms with Crippen molar-refractivity contribution in [3.63, 3.8) is 0 Å². The average Bonchev–Trinajstić information content (AvgIpc) is 3.00. The minimum absolute atomic E-state index is 0.628. The maximum absolute atomic E-state index is 4.53. The fourth-order valence-electron chi connectivity index (χ4n) is 3.10. The molecule has 0 amide bonds. The molecule has 0 bridgehead atoms. The average molecular weight is 296 g/mol. The SMILES string of the molecule is Brc1cccnc1N1CCCC1C1CCCN1. The van der Waals surface area contributed by atoms with Crippen molar-refractivity contribution in [3.8, 4) is 0 Å². The van der Waals surface area contributed by atoms with Gasteiger partial charge in [-0.2, -0.15) is 0 Å². The quantitative estimate of drug-likeness (QED) is 0.909. The highest BCUT2D eigenvalue weighted by Crippen LogP contribution is 2.32. The van der Waals surface area contributed by atoms with Crippen LogP contribution in [0, 0.1) is 0 Å². The molecule has 0 saturated carbocycles. The summed E-state index contributed by atoms with van der Waals surface area (Å²) >= 11 is 3.62. The van der Waals surface area contributed by atoms with E-state index < -0.39 is 0 Å².